The molecule has 1 saturated heterocycles. The molecule has 1 amide bonds. The Morgan fingerprint density at radius 2 is 2.11 bits per heavy atom. The van der Waals surface area contributed by atoms with Gasteiger partial charge in [-0.25, -0.2) is 0 Å². The Kier molecular flexibility index (Phi) is 4.93. The standard InChI is InChI=1S/C15H22N2O2/c1-13-4-3-5-14(12-13)15(18)16(2)6-7-17-8-10-19-11-9-17/h3-5,12H,6-11H2,1-2H3. The van der Waals surface area contributed by atoms with Crippen molar-refractivity contribution >= 4 is 5.91 Å². The first-order chi connectivity index (χ1) is 9.16. The minimum absolute atomic E-state index is 0.0944. The second kappa shape index (κ2) is 6.68. The van der Waals surface area contributed by atoms with E-state index >= 15 is 0 Å². The first-order valence-electron chi connectivity index (χ1n) is 6.79. The van der Waals surface area contributed by atoms with Gasteiger partial charge >= 0.3 is 0 Å². The predicted molar refractivity (Wildman–Crippen MR) is 75.4 cm³/mol. The fourth-order valence-corrected chi connectivity index (χ4v) is 2.22. The first kappa shape index (κ1) is 14.0. The highest BCUT2D eigenvalue weighted by Crippen LogP contribution is 2.07. The lowest BCUT2D eigenvalue weighted by Crippen LogP contribution is -2.41. The molecule has 0 unspecified atom stereocenters. The van der Waals surface area contributed by atoms with Gasteiger partial charge in [0.1, 0.15) is 0 Å². The second-order valence-corrected chi connectivity index (χ2v) is 5.05. The Labute approximate surface area is 115 Å². The quantitative estimate of drug-likeness (QED) is 0.822. The van der Waals surface area contributed by atoms with Crippen molar-refractivity contribution in [3.05, 3.63) is 35.4 Å². The lowest BCUT2D eigenvalue weighted by Gasteiger charge is -2.28. The largest absolute Gasteiger partial charge is 0.379 e. The fraction of sp³-hybridized carbons (Fsp3) is 0.533. The Bertz CT molecular complexity index is 428. The molecule has 0 aliphatic carbocycles. The number of rotatable bonds is 4. The zero-order valence-electron chi connectivity index (χ0n) is 11.8. The van der Waals surface area contributed by atoms with Gasteiger partial charge in [-0.15, -0.1) is 0 Å². The smallest absolute Gasteiger partial charge is 0.253 e. The van der Waals surface area contributed by atoms with Crippen molar-refractivity contribution in [2.45, 2.75) is 6.92 Å². The van der Waals surface area contributed by atoms with E-state index in [1.807, 2.05) is 38.2 Å². The molecule has 1 heterocycles. The Morgan fingerprint density at radius 3 is 2.79 bits per heavy atom. The average molecular weight is 262 g/mol. The highest BCUT2D eigenvalue weighted by Gasteiger charge is 2.14. The van der Waals surface area contributed by atoms with Gasteiger partial charge in [-0.1, -0.05) is 17.7 Å². The number of benzene rings is 1. The van der Waals surface area contributed by atoms with Crippen molar-refractivity contribution in [1.82, 2.24) is 9.80 Å². The summed E-state index contributed by atoms with van der Waals surface area (Å²) in [5, 5.41) is 0. The average Bonchev–Trinajstić information content (AvgIpc) is 2.45. The molecule has 1 fully saturated rings. The number of carbonyl (C=O) groups excluding carboxylic acids is 1. The Hall–Kier alpha value is -1.39. The Morgan fingerprint density at radius 1 is 1.37 bits per heavy atom. The van der Waals surface area contributed by atoms with Gasteiger partial charge in [-0.3, -0.25) is 9.69 Å². The highest BCUT2D eigenvalue weighted by molar-refractivity contribution is 5.94. The number of nitrogens with zero attached hydrogens (tertiary/aromatic N) is 2. The molecule has 104 valence electrons. The van der Waals surface area contributed by atoms with Crippen molar-refractivity contribution in [2.75, 3.05) is 46.4 Å². The van der Waals surface area contributed by atoms with Crippen LogP contribution in [0.15, 0.2) is 24.3 Å². The van der Waals surface area contributed by atoms with Crippen LogP contribution < -0.4 is 0 Å². The van der Waals surface area contributed by atoms with Gasteiger partial charge in [-0.2, -0.15) is 0 Å². The van der Waals surface area contributed by atoms with Gasteiger partial charge in [0.15, 0.2) is 0 Å². The molecular weight excluding hydrogens is 240 g/mol. The molecule has 0 radical (unpaired) electrons. The maximum Gasteiger partial charge on any atom is 0.253 e. The summed E-state index contributed by atoms with van der Waals surface area (Å²) in [5.74, 6) is 0.0944. The van der Waals surface area contributed by atoms with Crippen molar-refractivity contribution in [3.8, 4) is 0 Å². The van der Waals surface area contributed by atoms with Crippen LogP contribution in [-0.2, 0) is 4.74 Å². The lowest BCUT2D eigenvalue weighted by molar-refractivity contribution is 0.0338. The predicted octanol–water partition coefficient (Wildman–Crippen LogP) is 1.40. The van der Waals surface area contributed by atoms with E-state index in [2.05, 4.69) is 4.90 Å². The number of morpholine rings is 1. The summed E-state index contributed by atoms with van der Waals surface area (Å²) in [6.07, 6.45) is 0. The third kappa shape index (κ3) is 4.04. The molecule has 0 aromatic heterocycles. The van der Waals surface area contributed by atoms with Crippen molar-refractivity contribution in [3.63, 3.8) is 0 Å². The number of carbonyl (C=O) groups is 1. The van der Waals surface area contributed by atoms with E-state index in [1.54, 1.807) is 4.90 Å². The zero-order valence-corrected chi connectivity index (χ0v) is 11.8. The van der Waals surface area contributed by atoms with Crippen LogP contribution in [0.3, 0.4) is 0 Å². The molecule has 4 heteroatoms. The van der Waals surface area contributed by atoms with E-state index < -0.39 is 0 Å². The maximum atomic E-state index is 12.3. The monoisotopic (exact) mass is 262 g/mol. The number of hydrogen-bond acceptors (Lipinski definition) is 3. The van der Waals surface area contributed by atoms with Crippen LogP contribution in [0.1, 0.15) is 15.9 Å². The van der Waals surface area contributed by atoms with Gasteiger partial charge in [0.25, 0.3) is 5.91 Å². The van der Waals surface area contributed by atoms with Crippen molar-refractivity contribution < 1.29 is 9.53 Å². The van der Waals surface area contributed by atoms with Gasteiger partial charge in [0.05, 0.1) is 13.2 Å². The zero-order chi connectivity index (χ0) is 13.7. The fourth-order valence-electron chi connectivity index (χ4n) is 2.22. The van der Waals surface area contributed by atoms with Gasteiger partial charge in [0.2, 0.25) is 0 Å². The van der Waals surface area contributed by atoms with E-state index in [0.717, 1.165) is 50.5 Å². The minimum atomic E-state index is 0.0944. The van der Waals surface area contributed by atoms with E-state index in [0.29, 0.717) is 0 Å². The minimum Gasteiger partial charge on any atom is -0.379 e. The summed E-state index contributed by atoms with van der Waals surface area (Å²) >= 11 is 0. The Balaban J connectivity index is 1.85. The summed E-state index contributed by atoms with van der Waals surface area (Å²) in [6, 6.07) is 7.75. The van der Waals surface area contributed by atoms with Gasteiger partial charge in [0, 0.05) is 38.8 Å². The molecule has 19 heavy (non-hydrogen) atoms. The maximum absolute atomic E-state index is 12.3. The third-order valence-corrected chi connectivity index (χ3v) is 3.47. The summed E-state index contributed by atoms with van der Waals surface area (Å²) < 4.78 is 5.31. The molecule has 4 nitrogen and oxygen atoms in total. The summed E-state index contributed by atoms with van der Waals surface area (Å²) in [4.78, 5) is 16.4. The molecular formula is C15H22N2O2. The summed E-state index contributed by atoms with van der Waals surface area (Å²) in [5.41, 5.74) is 1.89. The molecule has 0 N–H and O–H groups in total. The molecule has 0 spiro atoms. The number of hydrogen-bond donors (Lipinski definition) is 0. The number of aryl methyl sites for hydroxylation is 1. The molecule has 1 aliphatic rings. The van der Waals surface area contributed by atoms with Crippen molar-refractivity contribution in [1.29, 1.82) is 0 Å². The molecule has 1 aromatic rings. The van der Waals surface area contributed by atoms with Crippen LogP contribution in [0.2, 0.25) is 0 Å². The summed E-state index contributed by atoms with van der Waals surface area (Å²) in [6.45, 7) is 7.21. The molecule has 1 aliphatic heterocycles. The third-order valence-electron chi connectivity index (χ3n) is 3.47. The molecule has 0 saturated carbocycles. The normalized spacial score (nSPS) is 16.3. The van der Waals surface area contributed by atoms with E-state index in [4.69, 9.17) is 4.74 Å². The molecule has 2 rings (SSSR count). The van der Waals surface area contributed by atoms with E-state index in [9.17, 15) is 4.79 Å². The van der Waals surface area contributed by atoms with Crippen LogP contribution in [0.25, 0.3) is 0 Å². The van der Waals surface area contributed by atoms with Gasteiger partial charge in [-0.05, 0) is 19.1 Å². The topological polar surface area (TPSA) is 32.8 Å². The molecule has 1 aromatic carbocycles. The molecule has 0 bridgehead atoms. The summed E-state index contributed by atoms with van der Waals surface area (Å²) in [7, 11) is 1.87. The SMILES string of the molecule is Cc1cccc(C(=O)N(C)CCN2CCOCC2)c1. The van der Waals surface area contributed by atoms with Crippen LogP contribution in [0.4, 0.5) is 0 Å². The van der Waals surface area contributed by atoms with Crippen molar-refractivity contribution in [2.24, 2.45) is 0 Å². The molecule has 0 atom stereocenters. The highest BCUT2D eigenvalue weighted by atomic mass is 16.5. The van der Waals surface area contributed by atoms with Gasteiger partial charge < -0.3 is 9.64 Å². The van der Waals surface area contributed by atoms with Crippen LogP contribution in [-0.4, -0.2) is 62.1 Å². The first-order valence-corrected chi connectivity index (χ1v) is 6.79. The number of amides is 1. The van der Waals surface area contributed by atoms with E-state index in [-0.39, 0.29) is 5.91 Å². The second-order valence-electron chi connectivity index (χ2n) is 5.05. The number of ether oxygens (including phenoxy) is 1. The van der Waals surface area contributed by atoms with E-state index in [1.165, 1.54) is 0 Å². The lowest BCUT2D eigenvalue weighted by atomic mass is 10.1. The van der Waals surface area contributed by atoms with Crippen LogP contribution in [0.5, 0.6) is 0 Å². The number of likely N-dealkylation sites (N-methyl/N-ethyl adjacent to an activating group) is 1. The van der Waals surface area contributed by atoms with Crippen LogP contribution in [0, 0.1) is 6.92 Å². The van der Waals surface area contributed by atoms with Crippen LogP contribution >= 0.6 is 0 Å².